The molecule has 0 spiro atoms. The maximum Gasteiger partial charge on any atom is 0.269 e. The lowest BCUT2D eigenvalue weighted by atomic mass is 10.3. The number of hydrogen-bond acceptors (Lipinski definition) is 5. The Kier molecular flexibility index (Phi) is 9.09. The highest BCUT2D eigenvalue weighted by molar-refractivity contribution is 5.27. The molecule has 1 rings (SSSR count). The molecule has 0 radical (unpaired) electrons. The number of aliphatic hydroxyl groups is 2. The van der Waals surface area contributed by atoms with Crippen molar-refractivity contribution in [2.75, 3.05) is 26.3 Å². The molecule has 0 amide bonds. The Morgan fingerprint density at radius 1 is 1.12 bits per heavy atom. The van der Waals surface area contributed by atoms with Crippen molar-refractivity contribution in [1.29, 1.82) is 0 Å². The molecule has 0 aliphatic rings. The van der Waals surface area contributed by atoms with Crippen molar-refractivity contribution < 1.29 is 15.1 Å². The van der Waals surface area contributed by atoms with Gasteiger partial charge in [0.2, 0.25) is 0 Å². The molecular weight excluding hydrogens is 212 g/mol. The van der Waals surface area contributed by atoms with E-state index in [2.05, 4.69) is 5.32 Å². The van der Waals surface area contributed by atoms with Crippen LogP contribution in [0, 0.1) is 10.1 Å². The van der Waals surface area contributed by atoms with Gasteiger partial charge in [-0.2, -0.15) is 0 Å². The fraction of sp³-hybridized carbons (Fsp3) is 0.400. The maximum absolute atomic E-state index is 10.0. The molecule has 6 heteroatoms. The lowest BCUT2D eigenvalue weighted by Crippen LogP contribution is -2.21. The van der Waals surface area contributed by atoms with Crippen LogP contribution in [-0.4, -0.2) is 41.4 Å². The smallest absolute Gasteiger partial charge is 0.269 e. The summed E-state index contributed by atoms with van der Waals surface area (Å²) in [6, 6.07) is 7.93. The molecule has 0 heterocycles. The van der Waals surface area contributed by atoms with E-state index in [-0.39, 0.29) is 18.9 Å². The Hall–Kier alpha value is -1.50. The minimum Gasteiger partial charge on any atom is -0.395 e. The highest BCUT2D eigenvalue weighted by atomic mass is 16.6. The van der Waals surface area contributed by atoms with Gasteiger partial charge in [-0.25, -0.2) is 0 Å². The van der Waals surface area contributed by atoms with Gasteiger partial charge in [-0.05, 0) is 0 Å². The summed E-state index contributed by atoms with van der Waals surface area (Å²) in [5.74, 6) is 0. The highest BCUT2D eigenvalue weighted by Gasteiger charge is 1.98. The van der Waals surface area contributed by atoms with E-state index in [0.717, 1.165) is 0 Å². The molecule has 0 aliphatic heterocycles. The zero-order valence-corrected chi connectivity index (χ0v) is 8.87. The summed E-state index contributed by atoms with van der Waals surface area (Å²) in [5, 5.41) is 29.1. The van der Waals surface area contributed by atoms with Crippen LogP contribution in [0.2, 0.25) is 0 Å². The molecule has 0 bridgehead atoms. The second kappa shape index (κ2) is 10.0. The Balaban J connectivity index is 0.000000293. The molecule has 0 aliphatic carbocycles. The van der Waals surface area contributed by atoms with Crippen molar-refractivity contribution >= 4 is 5.69 Å². The van der Waals surface area contributed by atoms with Gasteiger partial charge in [0.05, 0.1) is 18.1 Å². The predicted octanol–water partition coefficient (Wildman–Crippen LogP) is 0.155. The summed E-state index contributed by atoms with van der Waals surface area (Å²) < 4.78 is 0. The van der Waals surface area contributed by atoms with Gasteiger partial charge in [0.1, 0.15) is 0 Å². The van der Waals surface area contributed by atoms with Crippen LogP contribution in [0.3, 0.4) is 0 Å². The molecule has 1 aromatic rings. The average Bonchev–Trinajstić information content (AvgIpc) is 2.32. The zero-order chi connectivity index (χ0) is 12.2. The van der Waals surface area contributed by atoms with E-state index in [9.17, 15) is 10.1 Å². The minimum absolute atomic E-state index is 0.137. The van der Waals surface area contributed by atoms with Gasteiger partial charge in [-0.15, -0.1) is 0 Å². The van der Waals surface area contributed by atoms with Gasteiger partial charge in [0.25, 0.3) is 5.69 Å². The number of rotatable bonds is 5. The van der Waals surface area contributed by atoms with Crippen LogP contribution in [0.15, 0.2) is 30.3 Å². The number of hydrogen-bond donors (Lipinski definition) is 3. The second-order valence-electron chi connectivity index (χ2n) is 2.79. The van der Waals surface area contributed by atoms with Gasteiger partial charge in [-0.3, -0.25) is 10.1 Å². The third kappa shape index (κ3) is 7.86. The fourth-order valence-corrected chi connectivity index (χ4v) is 0.833. The van der Waals surface area contributed by atoms with Crippen molar-refractivity contribution in [2.24, 2.45) is 0 Å². The van der Waals surface area contributed by atoms with E-state index in [0.29, 0.717) is 13.1 Å². The molecule has 3 N–H and O–H groups in total. The van der Waals surface area contributed by atoms with Crippen molar-refractivity contribution in [1.82, 2.24) is 5.32 Å². The van der Waals surface area contributed by atoms with E-state index >= 15 is 0 Å². The van der Waals surface area contributed by atoms with Gasteiger partial charge in [0, 0.05) is 25.2 Å². The molecule has 16 heavy (non-hydrogen) atoms. The number of nitro benzene ring substituents is 1. The van der Waals surface area contributed by atoms with Crippen molar-refractivity contribution in [2.45, 2.75) is 0 Å². The van der Waals surface area contributed by atoms with E-state index in [4.69, 9.17) is 10.2 Å². The first-order chi connectivity index (χ1) is 7.72. The molecule has 1 aromatic carbocycles. The van der Waals surface area contributed by atoms with Crippen molar-refractivity contribution in [3.05, 3.63) is 40.4 Å². The first-order valence-corrected chi connectivity index (χ1v) is 4.84. The van der Waals surface area contributed by atoms with Crippen LogP contribution in [0.4, 0.5) is 5.69 Å². The van der Waals surface area contributed by atoms with Crippen LogP contribution in [-0.2, 0) is 0 Å². The molecule has 0 fully saturated rings. The Bertz CT molecular complexity index is 275. The fourth-order valence-electron chi connectivity index (χ4n) is 0.833. The molecule has 90 valence electrons. The van der Waals surface area contributed by atoms with E-state index in [1.54, 1.807) is 18.2 Å². The number of benzene rings is 1. The van der Waals surface area contributed by atoms with Crippen LogP contribution >= 0.6 is 0 Å². The largest absolute Gasteiger partial charge is 0.395 e. The average molecular weight is 228 g/mol. The normalized spacial score (nSPS) is 9.12. The summed E-state index contributed by atoms with van der Waals surface area (Å²) in [6.45, 7) is 1.42. The first kappa shape index (κ1) is 14.5. The molecule has 0 atom stereocenters. The van der Waals surface area contributed by atoms with Gasteiger partial charge < -0.3 is 15.5 Å². The van der Waals surface area contributed by atoms with Crippen molar-refractivity contribution in [3.63, 3.8) is 0 Å². The minimum atomic E-state index is -0.417. The third-order valence-corrected chi connectivity index (χ3v) is 1.54. The quantitative estimate of drug-likeness (QED) is 0.379. The van der Waals surface area contributed by atoms with E-state index in [1.807, 2.05) is 0 Å². The third-order valence-electron chi connectivity index (χ3n) is 1.54. The van der Waals surface area contributed by atoms with Crippen LogP contribution < -0.4 is 5.32 Å². The molecule has 6 nitrogen and oxygen atoms in total. The predicted molar refractivity (Wildman–Crippen MR) is 60.1 cm³/mol. The molecule has 0 unspecified atom stereocenters. The molecule has 0 aromatic heterocycles. The zero-order valence-electron chi connectivity index (χ0n) is 8.87. The van der Waals surface area contributed by atoms with Crippen LogP contribution in [0.5, 0.6) is 0 Å². The summed E-state index contributed by atoms with van der Waals surface area (Å²) in [6.07, 6.45) is 0. The first-order valence-electron chi connectivity index (χ1n) is 4.84. The Labute approximate surface area is 93.7 Å². The summed E-state index contributed by atoms with van der Waals surface area (Å²) >= 11 is 0. The monoisotopic (exact) mass is 228 g/mol. The summed E-state index contributed by atoms with van der Waals surface area (Å²) in [5.41, 5.74) is 0.137. The van der Waals surface area contributed by atoms with Crippen LogP contribution in [0.25, 0.3) is 0 Å². The van der Waals surface area contributed by atoms with Gasteiger partial charge in [0.15, 0.2) is 0 Å². The Morgan fingerprint density at radius 2 is 1.62 bits per heavy atom. The maximum atomic E-state index is 10.0. The summed E-state index contributed by atoms with van der Waals surface area (Å²) in [4.78, 5) is 9.59. The van der Waals surface area contributed by atoms with Crippen molar-refractivity contribution in [3.8, 4) is 0 Å². The number of non-ortho nitro benzene ring substituents is 1. The number of nitrogens with zero attached hydrogens (tertiary/aromatic N) is 1. The number of nitro groups is 1. The number of para-hydroxylation sites is 1. The highest BCUT2D eigenvalue weighted by Crippen LogP contribution is 2.06. The number of nitrogens with one attached hydrogen (secondary N) is 1. The van der Waals surface area contributed by atoms with E-state index < -0.39 is 4.92 Å². The molecular formula is C10H16N2O4. The Morgan fingerprint density at radius 3 is 1.94 bits per heavy atom. The van der Waals surface area contributed by atoms with E-state index in [1.165, 1.54) is 12.1 Å². The lowest BCUT2D eigenvalue weighted by molar-refractivity contribution is -0.384. The standard InChI is InChI=1S/C6H5NO2.C4H11NO2/c8-7(9)6-4-2-1-3-5-6;6-3-1-5-2-4-7/h1-5H;5-7H,1-4H2. The van der Waals surface area contributed by atoms with Crippen LogP contribution in [0.1, 0.15) is 0 Å². The molecule has 0 saturated carbocycles. The van der Waals surface area contributed by atoms with Gasteiger partial charge >= 0.3 is 0 Å². The SMILES string of the molecule is O=[N+]([O-])c1ccccc1.OCCNCCO. The topological polar surface area (TPSA) is 95.6 Å². The summed E-state index contributed by atoms with van der Waals surface area (Å²) in [7, 11) is 0. The number of aliphatic hydroxyl groups excluding tert-OH is 2. The second-order valence-corrected chi connectivity index (χ2v) is 2.79. The molecule has 0 saturated heterocycles. The lowest BCUT2D eigenvalue weighted by Gasteiger charge is -1.94. The van der Waals surface area contributed by atoms with Gasteiger partial charge in [-0.1, -0.05) is 18.2 Å².